The van der Waals surface area contributed by atoms with Crippen LogP contribution in [0.2, 0.25) is 0 Å². The van der Waals surface area contributed by atoms with Gasteiger partial charge in [-0.15, -0.1) is 0 Å². The van der Waals surface area contributed by atoms with Crippen molar-refractivity contribution in [2.75, 3.05) is 57.4 Å². The number of morpholine rings is 1. The van der Waals surface area contributed by atoms with E-state index >= 15 is 0 Å². The predicted molar refractivity (Wildman–Crippen MR) is 110 cm³/mol. The van der Waals surface area contributed by atoms with E-state index in [1.807, 2.05) is 32.0 Å². The maximum atomic E-state index is 12.9. The van der Waals surface area contributed by atoms with Gasteiger partial charge < -0.3 is 14.4 Å². The molecule has 0 N–H and O–H groups in total. The zero-order valence-electron chi connectivity index (χ0n) is 16.8. The average molecular weight is 422 g/mol. The van der Waals surface area contributed by atoms with Gasteiger partial charge in [-0.2, -0.15) is 17.0 Å². The van der Waals surface area contributed by atoms with Crippen molar-refractivity contribution >= 4 is 26.8 Å². The lowest BCUT2D eigenvalue weighted by Crippen LogP contribution is -2.55. The molecular weight excluding hydrogens is 394 g/mol. The predicted octanol–water partition coefficient (Wildman–Crippen LogP) is 1.12. The molecule has 2 fully saturated rings. The van der Waals surface area contributed by atoms with Gasteiger partial charge in [0.05, 0.1) is 30.2 Å². The summed E-state index contributed by atoms with van der Waals surface area (Å²) in [6.07, 6.45) is 1.53. The highest BCUT2D eigenvalue weighted by Gasteiger charge is 2.33. The third-order valence-corrected chi connectivity index (χ3v) is 7.19. The molecule has 0 spiro atoms. The Hall–Kier alpha value is -2.01. The van der Waals surface area contributed by atoms with Crippen LogP contribution in [-0.4, -0.2) is 85.6 Å². The highest BCUT2D eigenvalue weighted by Crippen LogP contribution is 2.28. The third kappa shape index (κ3) is 4.30. The second kappa shape index (κ2) is 8.39. The van der Waals surface area contributed by atoms with Crippen LogP contribution in [0.4, 0.5) is 5.69 Å². The summed E-state index contributed by atoms with van der Waals surface area (Å²) < 4.78 is 39.9. The minimum absolute atomic E-state index is 0.0192. The Morgan fingerprint density at radius 3 is 2.38 bits per heavy atom. The molecule has 0 amide bonds. The molecule has 3 heterocycles. The van der Waals surface area contributed by atoms with Crippen molar-refractivity contribution in [3.05, 3.63) is 24.5 Å². The van der Waals surface area contributed by atoms with Gasteiger partial charge in [0.2, 0.25) is 5.88 Å². The zero-order valence-corrected chi connectivity index (χ0v) is 17.6. The smallest absolute Gasteiger partial charge is 0.282 e. The van der Waals surface area contributed by atoms with Crippen LogP contribution in [-0.2, 0) is 14.9 Å². The number of anilines is 1. The summed E-state index contributed by atoms with van der Waals surface area (Å²) in [5.74, 6) is 0.570. The van der Waals surface area contributed by atoms with Crippen LogP contribution >= 0.6 is 0 Å². The summed E-state index contributed by atoms with van der Waals surface area (Å²) in [7, 11) is -3.43. The Morgan fingerprint density at radius 2 is 1.69 bits per heavy atom. The molecule has 0 bridgehead atoms. The first kappa shape index (κ1) is 20.3. The largest absolute Gasteiger partial charge is 0.474 e. The molecule has 9 nitrogen and oxygen atoms in total. The Kier molecular flexibility index (Phi) is 5.86. The van der Waals surface area contributed by atoms with Gasteiger partial charge in [-0.25, -0.2) is 9.97 Å². The van der Waals surface area contributed by atoms with E-state index in [2.05, 4.69) is 14.9 Å². The van der Waals surface area contributed by atoms with Crippen LogP contribution in [0.3, 0.4) is 0 Å². The van der Waals surface area contributed by atoms with E-state index in [4.69, 9.17) is 9.47 Å². The molecule has 0 radical (unpaired) electrons. The number of benzene rings is 1. The Morgan fingerprint density at radius 1 is 1.00 bits per heavy atom. The Balaban J connectivity index is 1.49. The number of aromatic nitrogens is 2. The maximum absolute atomic E-state index is 12.9. The topological polar surface area (TPSA) is 88.1 Å². The molecule has 2 aliphatic heterocycles. The monoisotopic (exact) mass is 421 g/mol. The molecule has 10 heteroatoms. The van der Waals surface area contributed by atoms with E-state index in [1.54, 1.807) is 4.31 Å². The molecule has 2 saturated heterocycles. The van der Waals surface area contributed by atoms with Crippen molar-refractivity contribution in [1.29, 1.82) is 0 Å². The van der Waals surface area contributed by atoms with E-state index in [9.17, 15) is 8.42 Å². The molecule has 0 aliphatic carbocycles. The fourth-order valence-corrected chi connectivity index (χ4v) is 5.21. The first-order chi connectivity index (χ1) is 13.9. The van der Waals surface area contributed by atoms with E-state index in [-0.39, 0.29) is 6.10 Å². The second-order valence-corrected chi connectivity index (χ2v) is 9.38. The van der Waals surface area contributed by atoms with Crippen molar-refractivity contribution in [2.45, 2.75) is 20.0 Å². The first-order valence-corrected chi connectivity index (χ1v) is 11.3. The van der Waals surface area contributed by atoms with Gasteiger partial charge in [-0.3, -0.25) is 0 Å². The normalized spacial score (nSPS) is 19.8. The minimum atomic E-state index is -3.43. The molecule has 1 aromatic carbocycles. The number of fused-ring (bicyclic) bond motifs is 1. The van der Waals surface area contributed by atoms with Crippen LogP contribution in [0.5, 0.6) is 5.88 Å². The van der Waals surface area contributed by atoms with Crippen molar-refractivity contribution in [3.63, 3.8) is 0 Å². The Bertz CT molecular complexity index is 954. The summed E-state index contributed by atoms with van der Waals surface area (Å²) in [5.41, 5.74) is 1.84. The summed E-state index contributed by atoms with van der Waals surface area (Å²) in [5, 5.41) is 0.863. The molecular formula is C19H27N5O4S. The second-order valence-electron chi connectivity index (χ2n) is 7.45. The van der Waals surface area contributed by atoms with Crippen molar-refractivity contribution in [2.24, 2.45) is 0 Å². The van der Waals surface area contributed by atoms with E-state index in [0.29, 0.717) is 58.4 Å². The van der Waals surface area contributed by atoms with Gasteiger partial charge >= 0.3 is 0 Å². The van der Waals surface area contributed by atoms with Crippen molar-refractivity contribution in [1.82, 2.24) is 18.6 Å². The molecule has 2 aromatic rings. The van der Waals surface area contributed by atoms with Crippen LogP contribution in [0.15, 0.2) is 24.5 Å². The van der Waals surface area contributed by atoms with E-state index in [0.717, 1.165) is 16.6 Å². The number of ether oxygens (including phenoxy) is 2. The quantitative estimate of drug-likeness (QED) is 0.715. The third-order valence-electron chi connectivity index (χ3n) is 5.16. The molecule has 4 rings (SSSR count). The van der Waals surface area contributed by atoms with Gasteiger partial charge in [-0.05, 0) is 32.0 Å². The molecule has 158 valence electrons. The summed E-state index contributed by atoms with van der Waals surface area (Å²) in [4.78, 5) is 10.8. The van der Waals surface area contributed by atoms with Crippen LogP contribution in [0.1, 0.15) is 13.8 Å². The van der Waals surface area contributed by atoms with Gasteiger partial charge in [0.15, 0.2) is 0 Å². The zero-order chi connectivity index (χ0) is 20.4. The van der Waals surface area contributed by atoms with E-state index < -0.39 is 10.2 Å². The van der Waals surface area contributed by atoms with E-state index in [1.165, 1.54) is 10.6 Å². The average Bonchev–Trinajstić information content (AvgIpc) is 2.74. The molecule has 0 saturated carbocycles. The minimum Gasteiger partial charge on any atom is -0.474 e. The lowest BCUT2D eigenvalue weighted by Gasteiger charge is -2.38. The van der Waals surface area contributed by atoms with Crippen molar-refractivity contribution < 1.29 is 17.9 Å². The highest BCUT2D eigenvalue weighted by molar-refractivity contribution is 7.86. The van der Waals surface area contributed by atoms with Crippen LogP contribution < -0.4 is 9.64 Å². The molecule has 2 aliphatic rings. The summed E-state index contributed by atoms with van der Waals surface area (Å²) in [6, 6.07) is 6.00. The molecule has 0 atom stereocenters. The van der Waals surface area contributed by atoms with Gasteiger partial charge in [0.1, 0.15) is 6.33 Å². The fraction of sp³-hybridized carbons (Fsp3) is 0.579. The number of hydrogen-bond acceptors (Lipinski definition) is 7. The van der Waals surface area contributed by atoms with Crippen molar-refractivity contribution in [3.8, 4) is 5.88 Å². The lowest BCUT2D eigenvalue weighted by atomic mass is 10.2. The van der Waals surface area contributed by atoms with Crippen LogP contribution in [0.25, 0.3) is 10.9 Å². The number of rotatable bonds is 5. The first-order valence-electron chi connectivity index (χ1n) is 9.94. The summed E-state index contributed by atoms with van der Waals surface area (Å²) in [6.45, 7) is 7.86. The molecule has 0 unspecified atom stereocenters. The highest BCUT2D eigenvalue weighted by atomic mass is 32.2. The van der Waals surface area contributed by atoms with Gasteiger partial charge in [0.25, 0.3) is 10.2 Å². The standard InChI is InChI=1S/C19H27N5O4S/c1-15(2)28-19-17-13-16(3-4-18(17)20-14-21-19)22-5-7-23(8-6-22)29(25,26)24-9-11-27-12-10-24/h3-4,13-15H,5-12H2,1-2H3. The summed E-state index contributed by atoms with van der Waals surface area (Å²) >= 11 is 0. The number of hydrogen-bond donors (Lipinski definition) is 0. The lowest BCUT2D eigenvalue weighted by molar-refractivity contribution is 0.0700. The molecule has 1 aromatic heterocycles. The fourth-order valence-electron chi connectivity index (χ4n) is 3.65. The van der Waals surface area contributed by atoms with Gasteiger partial charge in [-0.1, -0.05) is 0 Å². The van der Waals surface area contributed by atoms with Gasteiger partial charge in [0, 0.05) is 45.0 Å². The SMILES string of the molecule is CC(C)Oc1ncnc2ccc(N3CCN(S(=O)(=O)N4CCOCC4)CC3)cc12. The van der Waals surface area contributed by atoms with Crippen LogP contribution in [0, 0.1) is 0 Å². The maximum Gasteiger partial charge on any atom is 0.282 e. The Labute approximate surface area is 171 Å². The number of nitrogens with zero attached hydrogens (tertiary/aromatic N) is 5. The number of piperazine rings is 1. The molecule has 29 heavy (non-hydrogen) atoms.